The molecule has 1 amide bonds. The highest BCUT2D eigenvalue weighted by Gasteiger charge is 2.15. The van der Waals surface area contributed by atoms with E-state index in [1.54, 1.807) is 0 Å². The normalized spacial score (nSPS) is 17.4. The molecule has 0 aromatic carbocycles. The molecule has 3 N–H and O–H groups in total. The first-order chi connectivity index (χ1) is 10.1. The van der Waals surface area contributed by atoms with Crippen LogP contribution in [0.5, 0.6) is 0 Å². The molecule has 2 heterocycles. The molecule has 1 saturated heterocycles. The summed E-state index contributed by atoms with van der Waals surface area (Å²) in [6, 6.07) is 1.50. The number of nitrogens with one attached hydrogen (secondary N) is 1. The maximum Gasteiger partial charge on any atom is 0.253 e. The van der Waals surface area contributed by atoms with E-state index in [4.69, 9.17) is 17.3 Å². The van der Waals surface area contributed by atoms with Crippen molar-refractivity contribution in [1.82, 2.24) is 15.2 Å². The molecule has 116 valence electrons. The molecule has 0 saturated carbocycles. The molecule has 5 nitrogen and oxygen atoms in total. The van der Waals surface area contributed by atoms with Crippen LogP contribution >= 0.6 is 11.6 Å². The molecule has 21 heavy (non-hydrogen) atoms. The lowest BCUT2D eigenvalue weighted by atomic mass is 10.1. The summed E-state index contributed by atoms with van der Waals surface area (Å²) in [4.78, 5) is 18.4. The van der Waals surface area contributed by atoms with Crippen LogP contribution in [-0.2, 0) is 0 Å². The first-order valence-electron chi connectivity index (χ1n) is 7.48. The van der Waals surface area contributed by atoms with Gasteiger partial charge in [-0.05, 0) is 37.9 Å². The Hall–Kier alpha value is -1.33. The maximum atomic E-state index is 12.1. The second-order valence-corrected chi connectivity index (χ2v) is 6.16. The van der Waals surface area contributed by atoms with Gasteiger partial charge in [0.15, 0.2) is 0 Å². The van der Waals surface area contributed by atoms with Gasteiger partial charge in [0.25, 0.3) is 5.91 Å². The van der Waals surface area contributed by atoms with Crippen molar-refractivity contribution in [2.75, 3.05) is 31.9 Å². The van der Waals surface area contributed by atoms with Crippen LogP contribution in [0.25, 0.3) is 0 Å². The number of hydrogen-bond donors (Lipinski definition) is 2. The molecule has 1 aliphatic rings. The van der Waals surface area contributed by atoms with Crippen molar-refractivity contribution in [2.24, 2.45) is 5.92 Å². The molecule has 2 rings (SSSR count). The molecule has 1 fully saturated rings. The van der Waals surface area contributed by atoms with Crippen molar-refractivity contribution in [3.8, 4) is 0 Å². The number of nitrogen functional groups attached to an aromatic ring is 1. The van der Waals surface area contributed by atoms with E-state index in [0.29, 0.717) is 23.7 Å². The second kappa shape index (κ2) is 7.61. The molecular formula is C15H23ClN4O. The van der Waals surface area contributed by atoms with Gasteiger partial charge in [0.05, 0.1) is 17.4 Å². The maximum absolute atomic E-state index is 12.1. The van der Waals surface area contributed by atoms with E-state index in [1.165, 1.54) is 44.6 Å². The Labute approximate surface area is 130 Å². The summed E-state index contributed by atoms with van der Waals surface area (Å²) in [5.41, 5.74) is 6.49. The number of aromatic nitrogens is 1. The molecule has 6 heteroatoms. The van der Waals surface area contributed by atoms with E-state index in [0.717, 1.165) is 6.54 Å². The topological polar surface area (TPSA) is 71.2 Å². The van der Waals surface area contributed by atoms with Gasteiger partial charge >= 0.3 is 0 Å². The van der Waals surface area contributed by atoms with Crippen molar-refractivity contribution in [3.05, 3.63) is 23.0 Å². The smallest absolute Gasteiger partial charge is 0.253 e. The van der Waals surface area contributed by atoms with Crippen molar-refractivity contribution < 1.29 is 4.79 Å². The van der Waals surface area contributed by atoms with Crippen molar-refractivity contribution in [3.63, 3.8) is 0 Å². The van der Waals surface area contributed by atoms with Crippen LogP contribution < -0.4 is 11.1 Å². The number of nitrogens with zero attached hydrogens (tertiary/aromatic N) is 2. The second-order valence-electron chi connectivity index (χ2n) is 5.77. The molecule has 0 aliphatic carbocycles. The Morgan fingerprint density at radius 2 is 2.19 bits per heavy atom. The quantitative estimate of drug-likeness (QED) is 0.818. The highest BCUT2D eigenvalue weighted by molar-refractivity contribution is 6.29. The predicted molar refractivity (Wildman–Crippen MR) is 85.4 cm³/mol. The Balaban J connectivity index is 1.81. The molecule has 1 aliphatic heterocycles. The van der Waals surface area contributed by atoms with Crippen LogP contribution in [0.15, 0.2) is 12.3 Å². The van der Waals surface area contributed by atoms with Crippen LogP contribution in [-0.4, -0.2) is 42.0 Å². The summed E-state index contributed by atoms with van der Waals surface area (Å²) in [6.07, 6.45) is 5.31. The zero-order valence-electron chi connectivity index (χ0n) is 12.4. The summed E-state index contributed by atoms with van der Waals surface area (Å²) in [7, 11) is 0. The number of amides is 1. The van der Waals surface area contributed by atoms with Crippen LogP contribution in [0.1, 0.15) is 36.5 Å². The lowest BCUT2D eigenvalue weighted by Gasteiger charge is -2.29. The SMILES string of the molecule is CC(CNC(=O)c1cc(Cl)ncc1N)CN1CCCCC1. The number of rotatable bonds is 5. The van der Waals surface area contributed by atoms with Gasteiger partial charge in [-0.15, -0.1) is 0 Å². The number of carbonyl (C=O) groups excluding carboxylic acids is 1. The fraction of sp³-hybridized carbons (Fsp3) is 0.600. The minimum atomic E-state index is -0.192. The number of pyridine rings is 1. The van der Waals surface area contributed by atoms with E-state index >= 15 is 0 Å². The van der Waals surface area contributed by atoms with E-state index < -0.39 is 0 Å². The third-order valence-electron chi connectivity index (χ3n) is 3.78. The van der Waals surface area contributed by atoms with Gasteiger partial charge in [0.1, 0.15) is 5.15 Å². The van der Waals surface area contributed by atoms with Gasteiger partial charge < -0.3 is 16.0 Å². The highest BCUT2D eigenvalue weighted by Crippen LogP contribution is 2.15. The van der Waals surface area contributed by atoms with Gasteiger partial charge in [-0.3, -0.25) is 4.79 Å². The Bertz CT molecular complexity index is 489. The number of hydrogen-bond acceptors (Lipinski definition) is 4. The van der Waals surface area contributed by atoms with Crippen molar-refractivity contribution in [1.29, 1.82) is 0 Å². The van der Waals surface area contributed by atoms with Crippen LogP contribution in [0.3, 0.4) is 0 Å². The summed E-state index contributed by atoms with van der Waals surface area (Å²) < 4.78 is 0. The average Bonchev–Trinajstić information content (AvgIpc) is 2.48. The first kappa shape index (κ1) is 16.0. The molecule has 0 spiro atoms. The zero-order valence-corrected chi connectivity index (χ0v) is 13.2. The Kier molecular flexibility index (Phi) is 5.82. The molecule has 1 aromatic rings. The Morgan fingerprint density at radius 3 is 2.90 bits per heavy atom. The molecule has 1 atom stereocenters. The fourth-order valence-electron chi connectivity index (χ4n) is 2.65. The van der Waals surface area contributed by atoms with E-state index in [9.17, 15) is 4.79 Å². The van der Waals surface area contributed by atoms with Gasteiger partial charge in [0.2, 0.25) is 0 Å². The number of halogens is 1. The summed E-state index contributed by atoms with van der Waals surface area (Å²) >= 11 is 5.80. The predicted octanol–water partition coefficient (Wildman–Crippen LogP) is 2.17. The number of nitrogens with two attached hydrogens (primary N) is 1. The largest absolute Gasteiger partial charge is 0.397 e. The molecule has 1 unspecified atom stereocenters. The van der Waals surface area contributed by atoms with Gasteiger partial charge in [-0.1, -0.05) is 24.9 Å². The minimum Gasteiger partial charge on any atom is -0.397 e. The highest BCUT2D eigenvalue weighted by atomic mass is 35.5. The summed E-state index contributed by atoms with van der Waals surface area (Å²) in [6.45, 7) is 6.15. The number of carbonyl (C=O) groups is 1. The lowest BCUT2D eigenvalue weighted by Crippen LogP contribution is -2.38. The minimum absolute atomic E-state index is 0.192. The molecule has 0 bridgehead atoms. The first-order valence-corrected chi connectivity index (χ1v) is 7.85. The van der Waals surface area contributed by atoms with Crippen LogP contribution in [0, 0.1) is 5.92 Å². The third kappa shape index (κ3) is 4.86. The average molecular weight is 311 g/mol. The summed E-state index contributed by atoms with van der Waals surface area (Å²) in [5.74, 6) is 0.216. The van der Waals surface area contributed by atoms with E-state index in [-0.39, 0.29) is 11.1 Å². The van der Waals surface area contributed by atoms with Crippen LogP contribution in [0.2, 0.25) is 5.15 Å². The molecule has 1 aromatic heterocycles. The number of likely N-dealkylation sites (tertiary alicyclic amines) is 1. The van der Waals surface area contributed by atoms with Gasteiger partial charge in [0, 0.05) is 13.1 Å². The van der Waals surface area contributed by atoms with E-state index in [2.05, 4.69) is 22.1 Å². The molecule has 0 radical (unpaired) electrons. The van der Waals surface area contributed by atoms with Gasteiger partial charge in [-0.2, -0.15) is 0 Å². The monoisotopic (exact) mass is 310 g/mol. The fourth-order valence-corrected chi connectivity index (χ4v) is 2.80. The number of anilines is 1. The third-order valence-corrected chi connectivity index (χ3v) is 3.98. The summed E-state index contributed by atoms with van der Waals surface area (Å²) in [5, 5.41) is 3.20. The molecular weight excluding hydrogens is 288 g/mol. The standard InChI is InChI=1S/C15H23ClN4O/c1-11(10-20-5-3-2-4-6-20)8-19-15(21)12-7-14(16)18-9-13(12)17/h7,9,11H,2-6,8,10,17H2,1H3,(H,19,21). The Morgan fingerprint density at radius 1 is 1.48 bits per heavy atom. The number of piperidine rings is 1. The zero-order chi connectivity index (χ0) is 15.2. The lowest BCUT2D eigenvalue weighted by molar-refractivity contribution is 0.0943. The van der Waals surface area contributed by atoms with E-state index in [1.807, 2.05) is 0 Å². The van der Waals surface area contributed by atoms with Gasteiger partial charge in [-0.25, -0.2) is 4.98 Å². The van der Waals surface area contributed by atoms with Crippen molar-refractivity contribution in [2.45, 2.75) is 26.2 Å². The van der Waals surface area contributed by atoms with Crippen LogP contribution in [0.4, 0.5) is 5.69 Å². The van der Waals surface area contributed by atoms with Crippen molar-refractivity contribution >= 4 is 23.2 Å².